The van der Waals surface area contributed by atoms with E-state index < -0.39 is 0 Å². The van der Waals surface area contributed by atoms with E-state index in [1.165, 1.54) is 0 Å². The fourth-order valence-corrected chi connectivity index (χ4v) is 3.74. The highest BCUT2D eigenvalue weighted by molar-refractivity contribution is 5.98. The maximum atomic E-state index is 12.3. The summed E-state index contributed by atoms with van der Waals surface area (Å²) in [6.07, 6.45) is 5.16. The second-order valence-corrected chi connectivity index (χ2v) is 7.57. The summed E-state index contributed by atoms with van der Waals surface area (Å²) in [6, 6.07) is 3.74. The van der Waals surface area contributed by atoms with E-state index in [1.807, 2.05) is 39.0 Å². The van der Waals surface area contributed by atoms with Crippen LogP contribution in [0.3, 0.4) is 0 Å². The molecule has 1 aromatic heterocycles. The second-order valence-electron chi connectivity index (χ2n) is 7.57. The molecule has 1 aromatic carbocycles. The predicted molar refractivity (Wildman–Crippen MR) is 118 cm³/mol. The predicted octanol–water partition coefficient (Wildman–Crippen LogP) is 4.29. The average molecular weight is 424 g/mol. The zero-order valence-electron chi connectivity index (χ0n) is 18.6. The van der Waals surface area contributed by atoms with Crippen molar-refractivity contribution in [1.82, 2.24) is 4.98 Å². The number of fused-ring (bicyclic) bond motifs is 1. The third-order valence-corrected chi connectivity index (χ3v) is 5.50. The smallest absolute Gasteiger partial charge is 0.342 e. The molecule has 0 saturated carbocycles. The molecule has 31 heavy (non-hydrogen) atoms. The molecule has 164 valence electrons. The molecule has 0 spiro atoms. The van der Waals surface area contributed by atoms with Crippen LogP contribution in [-0.2, 0) is 22.6 Å². The molecule has 1 amide bonds. The van der Waals surface area contributed by atoms with Gasteiger partial charge in [0, 0.05) is 23.7 Å². The average Bonchev–Trinajstić information content (AvgIpc) is 3.14. The number of allylic oxidation sites excluding steroid dienone is 2. The van der Waals surface area contributed by atoms with Crippen LogP contribution in [0.2, 0.25) is 0 Å². The number of carbonyl (C=O) groups excluding carboxylic acids is 2. The van der Waals surface area contributed by atoms with Crippen LogP contribution in [0, 0.1) is 13.8 Å². The van der Waals surface area contributed by atoms with Crippen LogP contribution in [0.15, 0.2) is 30.0 Å². The molecule has 0 aliphatic carbocycles. The first-order chi connectivity index (χ1) is 14.9. The fraction of sp³-hybridized carbons (Fsp3) is 0.375. The van der Waals surface area contributed by atoms with Crippen molar-refractivity contribution in [3.05, 3.63) is 57.8 Å². The van der Waals surface area contributed by atoms with Gasteiger partial charge in [0.1, 0.15) is 29.5 Å². The van der Waals surface area contributed by atoms with Gasteiger partial charge in [-0.25, -0.2) is 9.78 Å². The number of aromatic nitrogens is 1. The van der Waals surface area contributed by atoms with Crippen molar-refractivity contribution in [3.63, 3.8) is 0 Å². The van der Waals surface area contributed by atoms with Gasteiger partial charge in [0.2, 0.25) is 5.91 Å². The molecule has 0 fully saturated rings. The zero-order valence-corrected chi connectivity index (χ0v) is 18.6. The Kier molecular flexibility index (Phi) is 6.95. The number of anilines is 1. The fourth-order valence-electron chi connectivity index (χ4n) is 3.74. The van der Waals surface area contributed by atoms with Crippen molar-refractivity contribution < 1.29 is 23.8 Å². The van der Waals surface area contributed by atoms with Crippen LogP contribution in [-0.4, -0.2) is 31.1 Å². The van der Waals surface area contributed by atoms with Gasteiger partial charge >= 0.3 is 5.97 Å². The minimum atomic E-state index is -0.374. The van der Waals surface area contributed by atoms with Gasteiger partial charge in [-0.3, -0.25) is 4.79 Å². The largest absolute Gasteiger partial charge is 0.496 e. The Hall–Kier alpha value is -3.35. The Morgan fingerprint density at radius 2 is 1.97 bits per heavy atom. The third kappa shape index (κ3) is 4.71. The molecule has 0 radical (unpaired) electrons. The number of cyclic esters (lactones) is 1. The highest BCUT2D eigenvalue weighted by Gasteiger charge is 2.32. The lowest BCUT2D eigenvalue weighted by atomic mass is 9.94. The van der Waals surface area contributed by atoms with Crippen molar-refractivity contribution >= 4 is 17.7 Å². The topological polar surface area (TPSA) is 86.8 Å². The number of benzene rings is 1. The van der Waals surface area contributed by atoms with E-state index >= 15 is 0 Å². The molecule has 1 aliphatic heterocycles. The number of carbonyl (C=O) groups is 2. The quantitative estimate of drug-likeness (QED) is 0.502. The number of rotatable bonds is 8. The number of aryl methyl sites for hydroxylation is 1. The Bertz CT molecular complexity index is 1040. The summed E-state index contributed by atoms with van der Waals surface area (Å²) in [5, 5.41) is 2.85. The van der Waals surface area contributed by atoms with Gasteiger partial charge in [0.15, 0.2) is 0 Å². The lowest BCUT2D eigenvalue weighted by Gasteiger charge is -2.18. The molecule has 0 unspecified atom stereocenters. The standard InChI is InChI=1S/C24H28N2O5/c1-14(9-11-19(27)26-23-15(2)7-6-12-25-23)8-10-17-21(29-4)16(3)18-13-31-24(28)20(18)22(17)30-5/h6-8,12H,9-11,13H2,1-5H3,(H,25,26,27)/b14-8+. The summed E-state index contributed by atoms with van der Waals surface area (Å²) >= 11 is 0. The molecule has 2 heterocycles. The van der Waals surface area contributed by atoms with Crippen LogP contribution in [0.4, 0.5) is 5.82 Å². The van der Waals surface area contributed by atoms with Gasteiger partial charge in [-0.2, -0.15) is 0 Å². The second kappa shape index (κ2) is 9.64. The summed E-state index contributed by atoms with van der Waals surface area (Å²) in [5.41, 5.74) is 4.95. The number of esters is 1. The van der Waals surface area contributed by atoms with Crippen molar-refractivity contribution in [2.24, 2.45) is 0 Å². The van der Waals surface area contributed by atoms with Gasteiger partial charge in [-0.15, -0.1) is 0 Å². The summed E-state index contributed by atoms with van der Waals surface area (Å²) < 4.78 is 16.4. The summed E-state index contributed by atoms with van der Waals surface area (Å²) in [4.78, 5) is 28.7. The number of ether oxygens (including phenoxy) is 3. The van der Waals surface area contributed by atoms with Gasteiger partial charge in [-0.1, -0.05) is 17.7 Å². The molecule has 0 saturated heterocycles. The minimum Gasteiger partial charge on any atom is -0.496 e. The maximum absolute atomic E-state index is 12.3. The number of hydrogen-bond acceptors (Lipinski definition) is 6. The van der Waals surface area contributed by atoms with Crippen molar-refractivity contribution in [2.45, 2.75) is 46.6 Å². The molecule has 1 N–H and O–H groups in total. The highest BCUT2D eigenvalue weighted by Crippen LogP contribution is 2.42. The number of hydrogen-bond donors (Lipinski definition) is 1. The Morgan fingerprint density at radius 1 is 1.23 bits per heavy atom. The van der Waals surface area contributed by atoms with Crippen LogP contribution in [0.5, 0.6) is 11.5 Å². The molecule has 7 heteroatoms. The molecule has 7 nitrogen and oxygen atoms in total. The first kappa shape index (κ1) is 22.3. The molecular formula is C24H28N2O5. The summed E-state index contributed by atoms with van der Waals surface area (Å²) in [7, 11) is 3.15. The number of amides is 1. The van der Waals surface area contributed by atoms with E-state index in [0.29, 0.717) is 42.1 Å². The number of nitrogens with one attached hydrogen (secondary N) is 1. The molecule has 3 rings (SSSR count). The molecule has 0 bridgehead atoms. The Balaban J connectivity index is 1.73. The van der Waals surface area contributed by atoms with Gasteiger partial charge in [0.05, 0.1) is 14.2 Å². The lowest BCUT2D eigenvalue weighted by molar-refractivity contribution is -0.116. The monoisotopic (exact) mass is 424 g/mol. The number of pyridine rings is 1. The normalized spacial score (nSPS) is 12.9. The van der Waals surface area contributed by atoms with Crippen molar-refractivity contribution in [1.29, 1.82) is 0 Å². The van der Waals surface area contributed by atoms with Gasteiger partial charge in [0.25, 0.3) is 0 Å². The van der Waals surface area contributed by atoms with E-state index in [2.05, 4.69) is 10.3 Å². The van der Waals surface area contributed by atoms with E-state index in [1.54, 1.807) is 20.4 Å². The first-order valence-electron chi connectivity index (χ1n) is 10.2. The van der Waals surface area contributed by atoms with Crippen LogP contribution >= 0.6 is 0 Å². The van der Waals surface area contributed by atoms with Crippen molar-refractivity contribution in [2.75, 3.05) is 19.5 Å². The lowest BCUT2D eigenvalue weighted by Crippen LogP contribution is -2.13. The van der Waals surface area contributed by atoms with Gasteiger partial charge < -0.3 is 19.5 Å². The van der Waals surface area contributed by atoms with E-state index in [4.69, 9.17) is 14.2 Å². The summed E-state index contributed by atoms with van der Waals surface area (Å²) in [5.74, 6) is 1.32. The van der Waals surface area contributed by atoms with Crippen LogP contribution < -0.4 is 14.8 Å². The SMILES string of the molecule is COc1c(C)c2c(c(OC)c1C/C=C(\C)CCC(=O)Nc1ncccc1C)C(=O)OC2. The zero-order chi connectivity index (χ0) is 22.5. The van der Waals surface area contributed by atoms with Gasteiger partial charge in [-0.05, 0) is 50.8 Å². The third-order valence-electron chi connectivity index (χ3n) is 5.50. The molecular weight excluding hydrogens is 396 g/mol. The van der Waals surface area contributed by atoms with Crippen LogP contribution in [0.25, 0.3) is 0 Å². The van der Waals surface area contributed by atoms with E-state index in [-0.39, 0.29) is 18.5 Å². The Labute approximate surface area is 182 Å². The maximum Gasteiger partial charge on any atom is 0.342 e. The molecule has 0 atom stereocenters. The van der Waals surface area contributed by atoms with Crippen molar-refractivity contribution in [3.8, 4) is 11.5 Å². The molecule has 1 aliphatic rings. The summed E-state index contributed by atoms with van der Waals surface area (Å²) in [6.45, 7) is 6.03. The van der Waals surface area contributed by atoms with E-state index in [9.17, 15) is 9.59 Å². The number of methoxy groups -OCH3 is 2. The van der Waals surface area contributed by atoms with Crippen LogP contribution in [0.1, 0.15) is 52.4 Å². The molecule has 2 aromatic rings. The first-order valence-corrected chi connectivity index (χ1v) is 10.2. The minimum absolute atomic E-state index is 0.0826. The highest BCUT2D eigenvalue weighted by atomic mass is 16.5. The Morgan fingerprint density at radius 3 is 2.65 bits per heavy atom. The van der Waals surface area contributed by atoms with E-state index in [0.717, 1.165) is 27.8 Å². The number of nitrogens with zero attached hydrogens (tertiary/aromatic N) is 1.